The fourth-order valence-corrected chi connectivity index (χ4v) is 4.44. The van der Waals surface area contributed by atoms with E-state index in [9.17, 15) is 4.79 Å². The number of methoxy groups -OCH3 is 1. The van der Waals surface area contributed by atoms with E-state index in [4.69, 9.17) is 15.2 Å². The predicted octanol–water partition coefficient (Wildman–Crippen LogP) is 2.77. The van der Waals surface area contributed by atoms with Crippen LogP contribution in [0.5, 0.6) is 11.5 Å². The van der Waals surface area contributed by atoms with Crippen LogP contribution in [-0.4, -0.2) is 58.3 Å². The van der Waals surface area contributed by atoms with Gasteiger partial charge in [-0.05, 0) is 37.4 Å². The summed E-state index contributed by atoms with van der Waals surface area (Å²) in [5.41, 5.74) is 7.36. The first-order chi connectivity index (χ1) is 13.5. The van der Waals surface area contributed by atoms with Gasteiger partial charge in [0, 0.05) is 37.1 Å². The Labute approximate surface area is 170 Å². The third kappa shape index (κ3) is 4.43. The standard InChI is InChI=1S/C21H27N3O3S/c1-23(11-10-22)12-13-27-18-9-8-15(26-3)14-16(18)20-21(25)24(2)17-6-4-5-7-19(17)28-20/h4-9,14,20H,10-13,22H2,1-3H3. The highest BCUT2D eigenvalue weighted by Crippen LogP contribution is 2.48. The highest BCUT2D eigenvalue weighted by molar-refractivity contribution is 8.00. The number of benzene rings is 2. The van der Waals surface area contributed by atoms with Crippen molar-refractivity contribution in [1.29, 1.82) is 0 Å². The van der Waals surface area contributed by atoms with Crippen molar-refractivity contribution in [3.63, 3.8) is 0 Å². The Morgan fingerprint density at radius 3 is 2.75 bits per heavy atom. The van der Waals surface area contributed by atoms with Crippen LogP contribution in [0.4, 0.5) is 5.69 Å². The largest absolute Gasteiger partial charge is 0.497 e. The monoisotopic (exact) mass is 401 g/mol. The molecule has 2 aromatic rings. The van der Waals surface area contributed by atoms with Gasteiger partial charge in [-0.15, -0.1) is 11.8 Å². The Balaban J connectivity index is 1.86. The van der Waals surface area contributed by atoms with Gasteiger partial charge in [0.15, 0.2) is 0 Å². The molecule has 2 N–H and O–H groups in total. The van der Waals surface area contributed by atoms with Crippen LogP contribution in [0.1, 0.15) is 10.8 Å². The van der Waals surface area contributed by atoms with E-state index >= 15 is 0 Å². The normalized spacial score (nSPS) is 16.2. The minimum atomic E-state index is -0.383. The Kier molecular flexibility index (Phi) is 6.83. The third-order valence-corrected chi connectivity index (χ3v) is 6.06. The van der Waals surface area contributed by atoms with Crippen LogP contribution in [-0.2, 0) is 4.79 Å². The summed E-state index contributed by atoms with van der Waals surface area (Å²) in [5, 5.41) is -0.383. The predicted molar refractivity (Wildman–Crippen MR) is 113 cm³/mol. The lowest BCUT2D eigenvalue weighted by molar-refractivity contribution is -0.118. The van der Waals surface area contributed by atoms with Gasteiger partial charge in [-0.2, -0.15) is 0 Å². The zero-order valence-corrected chi connectivity index (χ0v) is 17.4. The zero-order chi connectivity index (χ0) is 20.1. The van der Waals surface area contributed by atoms with Crippen LogP contribution in [0.2, 0.25) is 0 Å². The van der Waals surface area contributed by atoms with Crippen LogP contribution in [0.25, 0.3) is 0 Å². The molecule has 0 saturated heterocycles. The summed E-state index contributed by atoms with van der Waals surface area (Å²) in [6.07, 6.45) is 0. The molecule has 1 unspecified atom stereocenters. The summed E-state index contributed by atoms with van der Waals surface area (Å²) in [5.74, 6) is 1.44. The van der Waals surface area contributed by atoms with E-state index in [1.807, 2.05) is 56.6 Å². The van der Waals surface area contributed by atoms with Gasteiger partial charge in [0.2, 0.25) is 5.91 Å². The molecule has 150 valence electrons. The Morgan fingerprint density at radius 2 is 2.00 bits per heavy atom. The van der Waals surface area contributed by atoms with Crippen molar-refractivity contribution >= 4 is 23.4 Å². The highest BCUT2D eigenvalue weighted by Gasteiger charge is 2.34. The first-order valence-corrected chi connectivity index (χ1v) is 10.2. The second-order valence-corrected chi connectivity index (χ2v) is 7.85. The minimum Gasteiger partial charge on any atom is -0.497 e. The molecule has 2 aromatic carbocycles. The van der Waals surface area contributed by atoms with Crippen molar-refractivity contribution in [3.8, 4) is 11.5 Å². The molecule has 0 saturated carbocycles. The number of likely N-dealkylation sites (N-methyl/N-ethyl adjacent to an activating group) is 2. The van der Waals surface area contributed by atoms with Crippen molar-refractivity contribution in [2.24, 2.45) is 5.73 Å². The van der Waals surface area contributed by atoms with E-state index in [2.05, 4.69) is 4.90 Å². The minimum absolute atomic E-state index is 0.0297. The van der Waals surface area contributed by atoms with E-state index < -0.39 is 0 Å². The maximum atomic E-state index is 13.1. The van der Waals surface area contributed by atoms with Crippen LogP contribution < -0.4 is 20.1 Å². The number of thioether (sulfide) groups is 1. The van der Waals surface area contributed by atoms with Gasteiger partial charge in [-0.25, -0.2) is 0 Å². The molecule has 3 rings (SSSR count). The lowest BCUT2D eigenvalue weighted by atomic mass is 10.1. The molecule has 0 bridgehead atoms. The lowest BCUT2D eigenvalue weighted by Crippen LogP contribution is -2.34. The second kappa shape index (κ2) is 9.32. The van der Waals surface area contributed by atoms with E-state index in [0.29, 0.717) is 24.7 Å². The maximum absolute atomic E-state index is 13.1. The molecule has 1 aliphatic rings. The maximum Gasteiger partial charge on any atom is 0.244 e. The number of nitrogens with zero attached hydrogens (tertiary/aromatic N) is 2. The molecule has 0 aromatic heterocycles. The summed E-state index contributed by atoms with van der Waals surface area (Å²) in [6, 6.07) is 13.6. The van der Waals surface area contributed by atoms with Gasteiger partial charge in [0.05, 0.1) is 12.8 Å². The number of amides is 1. The number of ether oxygens (including phenoxy) is 2. The van der Waals surface area contributed by atoms with Gasteiger partial charge >= 0.3 is 0 Å². The molecule has 1 heterocycles. The zero-order valence-electron chi connectivity index (χ0n) is 16.6. The average Bonchev–Trinajstić information content (AvgIpc) is 2.71. The van der Waals surface area contributed by atoms with Crippen molar-refractivity contribution in [2.45, 2.75) is 10.1 Å². The van der Waals surface area contributed by atoms with Crippen LogP contribution in [0.3, 0.4) is 0 Å². The highest BCUT2D eigenvalue weighted by atomic mass is 32.2. The number of carbonyl (C=O) groups is 1. The molecule has 0 radical (unpaired) electrons. The number of fused-ring (bicyclic) bond motifs is 1. The first-order valence-electron chi connectivity index (χ1n) is 9.27. The molecule has 1 atom stereocenters. The fraction of sp³-hybridized carbons (Fsp3) is 0.381. The Morgan fingerprint density at radius 1 is 1.21 bits per heavy atom. The number of para-hydroxylation sites is 1. The topological polar surface area (TPSA) is 68.0 Å². The van der Waals surface area contributed by atoms with Crippen LogP contribution in [0, 0.1) is 0 Å². The van der Waals surface area contributed by atoms with Gasteiger partial charge < -0.3 is 25.0 Å². The number of hydrogen-bond donors (Lipinski definition) is 1. The van der Waals surface area contributed by atoms with Crippen molar-refractivity contribution < 1.29 is 14.3 Å². The summed E-state index contributed by atoms with van der Waals surface area (Å²) in [7, 11) is 5.45. The summed E-state index contributed by atoms with van der Waals surface area (Å²) in [4.78, 5) is 18.0. The van der Waals surface area contributed by atoms with Crippen molar-refractivity contribution in [2.75, 3.05) is 52.3 Å². The Bertz CT molecular complexity index is 830. The number of anilines is 1. The quantitative estimate of drug-likeness (QED) is 0.734. The van der Waals surface area contributed by atoms with Gasteiger partial charge in [-0.1, -0.05) is 12.1 Å². The average molecular weight is 402 g/mol. The van der Waals surface area contributed by atoms with Crippen molar-refractivity contribution in [1.82, 2.24) is 4.90 Å². The van der Waals surface area contributed by atoms with Gasteiger partial charge in [-0.3, -0.25) is 4.79 Å². The molecule has 7 heteroatoms. The van der Waals surface area contributed by atoms with E-state index in [1.54, 1.807) is 23.8 Å². The number of rotatable bonds is 8. The second-order valence-electron chi connectivity index (χ2n) is 6.71. The van der Waals surface area contributed by atoms with Gasteiger partial charge in [0.1, 0.15) is 23.4 Å². The fourth-order valence-electron chi connectivity index (χ4n) is 3.14. The van der Waals surface area contributed by atoms with Crippen LogP contribution in [0.15, 0.2) is 47.4 Å². The Hall–Kier alpha value is -2.22. The number of hydrogen-bond acceptors (Lipinski definition) is 6. The van der Waals surface area contributed by atoms with E-state index in [-0.39, 0.29) is 11.2 Å². The molecule has 28 heavy (non-hydrogen) atoms. The van der Waals surface area contributed by atoms with Crippen molar-refractivity contribution in [3.05, 3.63) is 48.0 Å². The number of nitrogens with two attached hydrogens (primary N) is 1. The molecule has 1 amide bonds. The molecule has 6 nitrogen and oxygen atoms in total. The smallest absolute Gasteiger partial charge is 0.244 e. The lowest BCUT2D eigenvalue weighted by Gasteiger charge is -2.32. The van der Waals surface area contributed by atoms with E-state index in [0.717, 1.165) is 29.2 Å². The molecular weight excluding hydrogens is 374 g/mol. The molecule has 0 spiro atoms. The molecule has 0 aliphatic carbocycles. The summed E-state index contributed by atoms with van der Waals surface area (Å²) < 4.78 is 11.5. The van der Waals surface area contributed by atoms with Crippen LogP contribution >= 0.6 is 11.8 Å². The summed E-state index contributed by atoms with van der Waals surface area (Å²) >= 11 is 1.55. The SMILES string of the molecule is COc1ccc(OCCN(C)CCN)c(C2Sc3ccccc3N(C)C2=O)c1. The molecular formula is C21H27N3O3S. The number of carbonyl (C=O) groups excluding carboxylic acids is 1. The molecule has 1 aliphatic heterocycles. The van der Waals surface area contributed by atoms with E-state index in [1.165, 1.54) is 0 Å². The van der Waals surface area contributed by atoms with Gasteiger partial charge in [0.25, 0.3) is 0 Å². The first kappa shape index (κ1) is 20.5. The summed E-state index contributed by atoms with van der Waals surface area (Å²) in [6.45, 7) is 2.71. The molecule has 0 fully saturated rings. The third-order valence-electron chi connectivity index (χ3n) is 4.77.